The Balaban J connectivity index is 2.29. The topological polar surface area (TPSA) is 92.4 Å². The summed E-state index contributed by atoms with van der Waals surface area (Å²) in [5.74, 6) is 0.638. The van der Waals surface area contributed by atoms with Crippen LogP contribution in [0.25, 0.3) is 0 Å². The number of thiocarbonyl (C=S) groups is 1. The number of hydrogen-bond donors (Lipinski definition) is 1. The minimum atomic E-state index is -3.15. The molecule has 2 heterocycles. The van der Waals surface area contributed by atoms with E-state index in [0.29, 0.717) is 32.0 Å². The Kier molecular flexibility index (Phi) is 4.45. The Hall–Kier alpha value is -1.32. The van der Waals surface area contributed by atoms with Gasteiger partial charge in [-0.15, -0.1) is 5.10 Å². The van der Waals surface area contributed by atoms with Crippen molar-refractivity contribution in [2.24, 2.45) is 5.73 Å². The van der Waals surface area contributed by atoms with Gasteiger partial charge in [-0.2, -0.15) is 9.40 Å². The lowest BCUT2D eigenvalue weighted by Crippen LogP contribution is -2.49. The zero-order chi connectivity index (χ0) is 15.8. The third-order valence-corrected chi connectivity index (χ3v) is 5.20. The van der Waals surface area contributed by atoms with Crippen LogP contribution in [0.4, 0.5) is 5.82 Å². The van der Waals surface area contributed by atoms with E-state index in [-0.39, 0.29) is 4.99 Å². The molecule has 21 heavy (non-hydrogen) atoms. The Morgan fingerprint density at radius 3 is 2.24 bits per heavy atom. The van der Waals surface area contributed by atoms with Crippen LogP contribution in [0.5, 0.6) is 0 Å². The van der Waals surface area contributed by atoms with E-state index in [1.165, 1.54) is 10.6 Å². The van der Waals surface area contributed by atoms with Gasteiger partial charge in [-0.25, -0.2) is 8.42 Å². The molecule has 1 saturated heterocycles. The summed E-state index contributed by atoms with van der Waals surface area (Å²) in [4.78, 5) is 2.27. The van der Waals surface area contributed by atoms with Crippen LogP contribution in [0, 0.1) is 13.8 Å². The van der Waals surface area contributed by atoms with Crippen molar-refractivity contribution in [1.29, 1.82) is 0 Å². The molecule has 0 radical (unpaired) electrons. The van der Waals surface area contributed by atoms with E-state index < -0.39 is 10.0 Å². The summed E-state index contributed by atoms with van der Waals surface area (Å²) in [5, 5.41) is 8.34. The van der Waals surface area contributed by atoms with Crippen LogP contribution < -0.4 is 10.6 Å². The first-order chi connectivity index (χ1) is 9.71. The highest BCUT2D eigenvalue weighted by atomic mass is 32.2. The van der Waals surface area contributed by atoms with Gasteiger partial charge in [0.25, 0.3) is 0 Å². The average molecular weight is 329 g/mol. The highest BCUT2D eigenvalue weighted by Crippen LogP contribution is 2.23. The smallest absolute Gasteiger partial charge is 0.211 e. The maximum Gasteiger partial charge on any atom is 0.211 e. The number of nitrogens with zero attached hydrogens (tertiary/aromatic N) is 4. The highest BCUT2D eigenvalue weighted by Gasteiger charge is 2.27. The molecular formula is C12H19N5O2S2. The van der Waals surface area contributed by atoms with Crippen molar-refractivity contribution in [3.8, 4) is 0 Å². The van der Waals surface area contributed by atoms with Gasteiger partial charge in [-0.05, 0) is 19.4 Å². The van der Waals surface area contributed by atoms with Crippen molar-refractivity contribution < 1.29 is 8.42 Å². The van der Waals surface area contributed by atoms with E-state index in [9.17, 15) is 8.42 Å². The first-order valence-electron chi connectivity index (χ1n) is 6.55. The second-order valence-electron chi connectivity index (χ2n) is 5.12. The van der Waals surface area contributed by atoms with E-state index in [1.807, 2.05) is 18.7 Å². The Bertz CT molecular complexity index is 666. The van der Waals surface area contributed by atoms with Crippen molar-refractivity contribution in [1.82, 2.24) is 14.5 Å². The van der Waals surface area contributed by atoms with Crippen LogP contribution >= 0.6 is 12.2 Å². The number of rotatable bonds is 3. The summed E-state index contributed by atoms with van der Waals surface area (Å²) in [5.41, 5.74) is 8.25. The van der Waals surface area contributed by atoms with E-state index in [0.717, 1.165) is 16.8 Å². The largest absolute Gasteiger partial charge is 0.389 e. The van der Waals surface area contributed by atoms with Crippen molar-refractivity contribution in [2.75, 3.05) is 37.3 Å². The molecule has 0 aromatic carbocycles. The second-order valence-corrected chi connectivity index (χ2v) is 7.54. The van der Waals surface area contributed by atoms with Gasteiger partial charge >= 0.3 is 0 Å². The second kappa shape index (κ2) is 5.82. The van der Waals surface area contributed by atoms with Crippen LogP contribution in [0.1, 0.15) is 16.8 Å². The molecule has 1 aliphatic heterocycles. The molecule has 1 fully saturated rings. The third kappa shape index (κ3) is 3.30. The average Bonchev–Trinajstić information content (AvgIpc) is 2.40. The molecule has 0 aliphatic carbocycles. The molecule has 1 aliphatic rings. The SMILES string of the molecule is Cc1nnc(N2CCN(S(C)(=O)=O)CC2)c(C(N)=S)c1C. The van der Waals surface area contributed by atoms with Crippen molar-refractivity contribution in [3.63, 3.8) is 0 Å². The first-order valence-corrected chi connectivity index (χ1v) is 8.81. The standard InChI is InChI=1S/C12H19N5O2S2/c1-8-9(2)14-15-12(10(8)11(13)20)16-4-6-17(7-5-16)21(3,18)19/h4-7H2,1-3H3,(H2,13,20). The zero-order valence-electron chi connectivity index (χ0n) is 12.3. The molecule has 1 aromatic heterocycles. The van der Waals surface area contributed by atoms with Gasteiger partial charge in [-0.3, -0.25) is 0 Å². The third-order valence-electron chi connectivity index (χ3n) is 3.69. The summed E-state index contributed by atoms with van der Waals surface area (Å²) in [7, 11) is -3.15. The molecule has 2 N–H and O–H groups in total. The first kappa shape index (κ1) is 16.1. The molecule has 0 saturated carbocycles. The minimum Gasteiger partial charge on any atom is -0.389 e. The lowest BCUT2D eigenvalue weighted by Gasteiger charge is -2.34. The molecular weight excluding hydrogens is 310 g/mol. The molecule has 0 amide bonds. The molecule has 2 rings (SSSR count). The van der Waals surface area contributed by atoms with E-state index >= 15 is 0 Å². The maximum absolute atomic E-state index is 11.5. The van der Waals surface area contributed by atoms with Gasteiger partial charge < -0.3 is 10.6 Å². The van der Waals surface area contributed by atoms with E-state index in [2.05, 4.69) is 10.2 Å². The molecule has 7 nitrogen and oxygen atoms in total. The summed E-state index contributed by atoms with van der Waals surface area (Å²) < 4.78 is 24.5. The number of nitrogens with two attached hydrogens (primary N) is 1. The van der Waals surface area contributed by atoms with Crippen LogP contribution in [0.15, 0.2) is 0 Å². The highest BCUT2D eigenvalue weighted by molar-refractivity contribution is 7.88. The lowest BCUT2D eigenvalue weighted by molar-refractivity contribution is 0.386. The lowest BCUT2D eigenvalue weighted by atomic mass is 10.1. The predicted octanol–water partition coefficient (Wildman–Crippen LogP) is -0.191. The molecule has 0 atom stereocenters. The van der Waals surface area contributed by atoms with Crippen LogP contribution in [-0.4, -0.2) is 60.3 Å². The van der Waals surface area contributed by atoms with Crippen molar-refractivity contribution in [3.05, 3.63) is 16.8 Å². The summed E-state index contributed by atoms with van der Waals surface area (Å²) >= 11 is 5.13. The molecule has 0 spiro atoms. The maximum atomic E-state index is 11.5. The monoisotopic (exact) mass is 329 g/mol. The predicted molar refractivity (Wildman–Crippen MR) is 86.0 cm³/mol. The number of aryl methyl sites for hydroxylation is 1. The minimum absolute atomic E-state index is 0.283. The van der Waals surface area contributed by atoms with E-state index in [4.69, 9.17) is 18.0 Å². The summed E-state index contributed by atoms with van der Waals surface area (Å²) in [6, 6.07) is 0. The van der Waals surface area contributed by atoms with Gasteiger partial charge in [0, 0.05) is 26.2 Å². The van der Waals surface area contributed by atoms with Crippen LogP contribution in [0.2, 0.25) is 0 Å². The molecule has 0 bridgehead atoms. The number of piperazine rings is 1. The zero-order valence-corrected chi connectivity index (χ0v) is 14.0. The quantitative estimate of drug-likeness (QED) is 0.768. The number of hydrogen-bond acceptors (Lipinski definition) is 6. The van der Waals surface area contributed by atoms with Crippen LogP contribution in [-0.2, 0) is 10.0 Å². The molecule has 9 heteroatoms. The fourth-order valence-corrected chi connectivity index (χ4v) is 3.41. The van der Waals surface area contributed by atoms with Gasteiger partial charge in [0.15, 0.2) is 5.82 Å². The van der Waals surface area contributed by atoms with Gasteiger partial charge in [0.1, 0.15) is 4.99 Å². The Morgan fingerprint density at radius 2 is 1.76 bits per heavy atom. The fourth-order valence-electron chi connectivity index (χ4n) is 2.34. The Labute approximate surface area is 130 Å². The normalized spacial score (nSPS) is 17.0. The number of aromatic nitrogens is 2. The van der Waals surface area contributed by atoms with Gasteiger partial charge in [0.05, 0.1) is 17.5 Å². The number of sulfonamides is 1. The molecule has 1 aromatic rings. The summed E-state index contributed by atoms with van der Waals surface area (Å²) in [6.07, 6.45) is 1.22. The van der Waals surface area contributed by atoms with Gasteiger partial charge in [0.2, 0.25) is 10.0 Å². The summed E-state index contributed by atoms with van der Waals surface area (Å²) in [6.45, 7) is 5.69. The molecule has 116 valence electrons. The van der Waals surface area contributed by atoms with E-state index in [1.54, 1.807) is 0 Å². The Morgan fingerprint density at radius 1 is 1.19 bits per heavy atom. The van der Waals surface area contributed by atoms with Crippen molar-refractivity contribution in [2.45, 2.75) is 13.8 Å². The number of anilines is 1. The van der Waals surface area contributed by atoms with Gasteiger partial charge in [-0.1, -0.05) is 12.2 Å². The molecule has 0 unspecified atom stereocenters. The van der Waals surface area contributed by atoms with Crippen LogP contribution in [0.3, 0.4) is 0 Å². The fraction of sp³-hybridized carbons (Fsp3) is 0.583. The van der Waals surface area contributed by atoms with Crippen molar-refractivity contribution >= 4 is 33.0 Å².